The maximum atomic E-state index is 12.8. The van der Waals surface area contributed by atoms with Crippen LogP contribution in [0, 0.1) is 0 Å². The summed E-state index contributed by atoms with van der Waals surface area (Å²) >= 11 is 0. The number of alkyl carbamates (subject to hydrolysis) is 1. The lowest BCUT2D eigenvalue weighted by molar-refractivity contribution is -0.140. The van der Waals surface area contributed by atoms with Crippen molar-refractivity contribution < 1.29 is 24.2 Å². The smallest absolute Gasteiger partial charge is 0.407 e. The highest BCUT2D eigenvalue weighted by atomic mass is 16.5. The Labute approximate surface area is 199 Å². The molecule has 8 heteroatoms. The minimum Gasteiger partial charge on any atom is -0.481 e. The van der Waals surface area contributed by atoms with Gasteiger partial charge in [0.2, 0.25) is 5.91 Å². The van der Waals surface area contributed by atoms with Gasteiger partial charge in [-0.2, -0.15) is 0 Å². The van der Waals surface area contributed by atoms with Crippen molar-refractivity contribution >= 4 is 18.0 Å². The van der Waals surface area contributed by atoms with Gasteiger partial charge in [0.1, 0.15) is 12.6 Å². The van der Waals surface area contributed by atoms with E-state index in [-0.39, 0.29) is 18.9 Å². The molecular formula is C26H31N3O5. The molecule has 1 fully saturated rings. The molecule has 180 valence electrons. The summed E-state index contributed by atoms with van der Waals surface area (Å²) in [7, 11) is 1.97. The minimum absolute atomic E-state index is 0.0691. The Hall–Kier alpha value is -3.39. The summed E-state index contributed by atoms with van der Waals surface area (Å²) in [5, 5.41) is 14.8. The molecule has 1 heterocycles. The van der Waals surface area contributed by atoms with Gasteiger partial charge in [-0.15, -0.1) is 0 Å². The number of carboxylic acids is 1. The van der Waals surface area contributed by atoms with Gasteiger partial charge < -0.3 is 25.4 Å². The van der Waals surface area contributed by atoms with Crippen LogP contribution in [0.5, 0.6) is 0 Å². The lowest BCUT2D eigenvalue weighted by Crippen LogP contribution is -2.59. The molecular weight excluding hydrogens is 434 g/mol. The summed E-state index contributed by atoms with van der Waals surface area (Å²) in [5.41, 5.74) is 3.69. The summed E-state index contributed by atoms with van der Waals surface area (Å²) in [6.07, 6.45) is 0.253. The molecule has 1 atom stereocenters. The van der Waals surface area contributed by atoms with E-state index >= 15 is 0 Å². The third-order valence-electron chi connectivity index (χ3n) is 6.89. The zero-order valence-electron chi connectivity index (χ0n) is 19.5. The standard InChI is InChI=1S/C26H31N3O5/c1-17(24(32)28-26(15-23(30)31)11-13-29(2)14-12-26)27-25(33)34-16-22-20-9-5-3-7-18(20)19-8-4-6-10-21(19)22/h3-10,17,22H,11-16H2,1-2H3,(H,27,33)(H,28,32)(H,30,31). The summed E-state index contributed by atoms with van der Waals surface area (Å²) in [6.45, 7) is 3.12. The second-order valence-corrected chi connectivity index (χ2v) is 9.33. The zero-order chi connectivity index (χ0) is 24.3. The number of carbonyl (C=O) groups excluding carboxylic acids is 2. The van der Waals surface area contributed by atoms with Gasteiger partial charge in [0.15, 0.2) is 0 Å². The van der Waals surface area contributed by atoms with Crippen molar-refractivity contribution in [3.63, 3.8) is 0 Å². The molecule has 1 unspecified atom stereocenters. The Kier molecular flexibility index (Phi) is 6.88. The molecule has 1 saturated heterocycles. The first-order valence-corrected chi connectivity index (χ1v) is 11.6. The van der Waals surface area contributed by atoms with Crippen LogP contribution in [0.25, 0.3) is 11.1 Å². The van der Waals surface area contributed by atoms with E-state index in [1.54, 1.807) is 6.92 Å². The van der Waals surface area contributed by atoms with Crippen LogP contribution in [0.1, 0.15) is 43.2 Å². The number of carbonyl (C=O) groups is 3. The van der Waals surface area contributed by atoms with Crippen LogP contribution in [-0.2, 0) is 14.3 Å². The molecule has 0 radical (unpaired) electrons. The van der Waals surface area contributed by atoms with E-state index in [1.165, 1.54) is 0 Å². The molecule has 0 aromatic heterocycles. The molecule has 2 aromatic carbocycles. The fourth-order valence-electron chi connectivity index (χ4n) is 4.93. The number of likely N-dealkylation sites (tertiary alicyclic amines) is 1. The van der Waals surface area contributed by atoms with E-state index in [1.807, 2.05) is 43.4 Å². The van der Waals surface area contributed by atoms with Crippen LogP contribution in [-0.4, -0.2) is 66.3 Å². The predicted molar refractivity (Wildman–Crippen MR) is 128 cm³/mol. The molecule has 2 aliphatic rings. The number of ether oxygens (including phenoxy) is 1. The lowest BCUT2D eigenvalue weighted by atomic mass is 9.84. The second-order valence-electron chi connectivity index (χ2n) is 9.33. The maximum Gasteiger partial charge on any atom is 0.407 e. The van der Waals surface area contributed by atoms with Crippen molar-refractivity contribution in [2.24, 2.45) is 0 Å². The number of aliphatic carboxylic acids is 1. The summed E-state index contributed by atoms with van der Waals surface area (Å²) in [4.78, 5) is 38.8. The summed E-state index contributed by atoms with van der Waals surface area (Å²) in [5.74, 6) is -1.44. The van der Waals surface area contributed by atoms with Crippen molar-refractivity contribution in [2.75, 3.05) is 26.7 Å². The van der Waals surface area contributed by atoms with Crippen molar-refractivity contribution in [2.45, 2.75) is 43.7 Å². The van der Waals surface area contributed by atoms with Crippen LogP contribution in [0.4, 0.5) is 4.79 Å². The normalized spacial score (nSPS) is 17.8. The largest absolute Gasteiger partial charge is 0.481 e. The van der Waals surface area contributed by atoms with Gasteiger partial charge in [-0.25, -0.2) is 4.79 Å². The number of hydrogen-bond acceptors (Lipinski definition) is 5. The van der Waals surface area contributed by atoms with E-state index in [0.29, 0.717) is 25.9 Å². The average Bonchev–Trinajstić information content (AvgIpc) is 3.13. The molecule has 0 saturated carbocycles. The molecule has 2 amide bonds. The number of rotatable bonds is 7. The van der Waals surface area contributed by atoms with Crippen LogP contribution in [0.2, 0.25) is 0 Å². The molecule has 0 spiro atoms. The minimum atomic E-state index is -0.956. The van der Waals surface area contributed by atoms with E-state index < -0.39 is 29.6 Å². The zero-order valence-corrected chi connectivity index (χ0v) is 19.5. The van der Waals surface area contributed by atoms with Gasteiger partial charge >= 0.3 is 12.1 Å². The van der Waals surface area contributed by atoms with Crippen LogP contribution >= 0.6 is 0 Å². The van der Waals surface area contributed by atoms with Crippen molar-refractivity contribution in [1.29, 1.82) is 0 Å². The van der Waals surface area contributed by atoms with E-state index in [9.17, 15) is 19.5 Å². The number of nitrogens with one attached hydrogen (secondary N) is 2. The first-order chi connectivity index (χ1) is 16.3. The molecule has 34 heavy (non-hydrogen) atoms. The average molecular weight is 466 g/mol. The highest BCUT2D eigenvalue weighted by Crippen LogP contribution is 2.44. The lowest BCUT2D eigenvalue weighted by Gasteiger charge is -2.41. The Morgan fingerprint density at radius 1 is 1.06 bits per heavy atom. The monoisotopic (exact) mass is 465 g/mol. The number of fused-ring (bicyclic) bond motifs is 3. The molecule has 0 bridgehead atoms. The second kappa shape index (κ2) is 9.85. The fourth-order valence-corrected chi connectivity index (χ4v) is 4.93. The number of piperidine rings is 1. The number of hydrogen-bond donors (Lipinski definition) is 3. The van der Waals surface area contributed by atoms with Crippen LogP contribution in [0.15, 0.2) is 48.5 Å². The molecule has 4 rings (SSSR count). The predicted octanol–water partition coefficient (Wildman–Crippen LogP) is 2.97. The van der Waals surface area contributed by atoms with Crippen molar-refractivity contribution in [1.82, 2.24) is 15.5 Å². The van der Waals surface area contributed by atoms with E-state index in [2.05, 4.69) is 27.7 Å². The van der Waals surface area contributed by atoms with Gasteiger partial charge in [0, 0.05) is 19.0 Å². The van der Waals surface area contributed by atoms with E-state index in [4.69, 9.17) is 4.74 Å². The highest BCUT2D eigenvalue weighted by Gasteiger charge is 2.38. The maximum absolute atomic E-state index is 12.8. The summed E-state index contributed by atoms with van der Waals surface area (Å²) in [6, 6.07) is 15.3. The van der Waals surface area contributed by atoms with Crippen LogP contribution in [0.3, 0.4) is 0 Å². The Morgan fingerprint density at radius 2 is 1.62 bits per heavy atom. The molecule has 1 aliphatic carbocycles. The SMILES string of the molecule is CC(NC(=O)OCC1c2ccccc2-c2ccccc21)C(=O)NC1(CC(=O)O)CCN(C)CC1. The van der Waals surface area contributed by atoms with E-state index in [0.717, 1.165) is 22.3 Å². The number of carboxylic acid groups (broad SMARTS) is 1. The molecule has 1 aliphatic heterocycles. The number of nitrogens with zero attached hydrogens (tertiary/aromatic N) is 1. The van der Waals surface area contributed by atoms with Crippen LogP contribution < -0.4 is 10.6 Å². The van der Waals surface area contributed by atoms with Crippen molar-refractivity contribution in [3.05, 3.63) is 59.7 Å². The Morgan fingerprint density at radius 3 is 2.18 bits per heavy atom. The Bertz CT molecular complexity index is 1030. The van der Waals surface area contributed by atoms with Gasteiger partial charge in [0.25, 0.3) is 0 Å². The molecule has 8 nitrogen and oxygen atoms in total. The fraction of sp³-hybridized carbons (Fsp3) is 0.423. The highest BCUT2D eigenvalue weighted by molar-refractivity contribution is 5.86. The van der Waals surface area contributed by atoms with Crippen molar-refractivity contribution in [3.8, 4) is 11.1 Å². The summed E-state index contributed by atoms with van der Waals surface area (Å²) < 4.78 is 5.52. The van der Waals surface area contributed by atoms with Gasteiger partial charge in [-0.05, 0) is 49.1 Å². The van der Waals surface area contributed by atoms with Gasteiger partial charge in [-0.1, -0.05) is 48.5 Å². The Balaban J connectivity index is 1.35. The quantitative estimate of drug-likeness (QED) is 0.580. The number of benzene rings is 2. The van der Waals surface area contributed by atoms with Gasteiger partial charge in [0.05, 0.1) is 12.0 Å². The third kappa shape index (κ3) is 5.07. The molecule has 3 N–H and O–H groups in total. The first kappa shape index (κ1) is 23.8. The number of amides is 2. The first-order valence-electron chi connectivity index (χ1n) is 11.6. The topological polar surface area (TPSA) is 108 Å². The third-order valence-corrected chi connectivity index (χ3v) is 6.89. The molecule has 2 aromatic rings. The van der Waals surface area contributed by atoms with Gasteiger partial charge in [-0.3, -0.25) is 9.59 Å².